The second kappa shape index (κ2) is 5.13. The molecule has 106 valence electrons. The van der Waals surface area contributed by atoms with Crippen LogP contribution in [0.2, 0.25) is 0 Å². The van der Waals surface area contributed by atoms with Gasteiger partial charge in [0.2, 0.25) is 0 Å². The van der Waals surface area contributed by atoms with Gasteiger partial charge in [-0.05, 0) is 62.4 Å². The van der Waals surface area contributed by atoms with Gasteiger partial charge in [0, 0.05) is 12.1 Å². The summed E-state index contributed by atoms with van der Waals surface area (Å²) in [5, 5.41) is 0. The van der Waals surface area contributed by atoms with Crippen LogP contribution >= 0.6 is 0 Å². The van der Waals surface area contributed by atoms with Gasteiger partial charge in [0.05, 0.1) is 0 Å². The molecule has 2 N–H and O–H groups in total. The molecule has 0 bridgehead atoms. The van der Waals surface area contributed by atoms with E-state index in [1.165, 1.54) is 45.2 Å². The van der Waals surface area contributed by atoms with Crippen molar-refractivity contribution in [3.63, 3.8) is 0 Å². The van der Waals surface area contributed by atoms with E-state index in [0.29, 0.717) is 11.0 Å². The highest BCUT2D eigenvalue weighted by Crippen LogP contribution is 2.44. The Labute approximate surface area is 113 Å². The SMILES string of the molecule is CC1CC(CN)(N2CCCC(C(C)(C)C)CC2)C1. The zero-order chi connectivity index (χ0) is 13.4. The summed E-state index contributed by atoms with van der Waals surface area (Å²) in [4.78, 5) is 2.73. The highest BCUT2D eigenvalue weighted by Gasteiger charge is 2.46. The third kappa shape index (κ3) is 2.75. The molecule has 18 heavy (non-hydrogen) atoms. The molecule has 0 spiro atoms. The molecule has 2 nitrogen and oxygen atoms in total. The minimum Gasteiger partial charge on any atom is -0.329 e. The first-order chi connectivity index (χ1) is 8.37. The van der Waals surface area contributed by atoms with Crippen LogP contribution in [0.25, 0.3) is 0 Å². The molecule has 1 atom stereocenters. The number of hydrogen-bond acceptors (Lipinski definition) is 2. The van der Waals surface area contributed by atoms with Crippen LogP contribution in [0.15, 0.2) is 0 Å². The molecule has 0 aromatic heterocycles. The first-order valence-electron chi connectivity index (χ1n) is 7.82. The Balaban J connectivity index is 1.97. The Hall–Kier alpha value is -0.0800. The maximum atomic E-state index is 6.09. The van der Waals surface area contributed by atoms with Crippen molar-refractivity contribution < 1.29 is 0 Å². The summed E-state index contributed by atoms with van der Waals surface area (Å²) in [6.45, 7) is 13.0. The van der Waals surface area contributed by atoms with Crippen molar-refractivity contribution in [2.24, 2.45) is 23.0 Å². The van der Waals surface area contributed by atoms with E-state index >= 15 is 0 Å². The van der Waals surface area contributed by atoms with E-state index in [2.05, 4.69) is 32.6 Å². The minimum absolute atomic E-state index is 0.367. The Kier molecular flexibility index (Phi) is 4.08. The second-order valence-corrected chi connectivity index (χ2v) is 7.92. The highest BCUT2D eigenvalue weighted by molar-refractivity contribution is 5.02. The van der Waals surface area contributed by atoms with Gasteiger partial charge < -0.3 is 5.73 Å². The third-order valence-electron chi connectivity index (χ3n) is 5.46. The van der Waals surface area contributed by atoms with E-state index in [9.17, 15) is 0 Å². The molecule has 0 amide bonds. The van der Waals surface area contributed by atoms with E-state index in [1.807, 2.05) is 0 Å². The van der Waals surface area contributed by atoms with Gasteiger partial charge in [0.15, 0.2) is 0 Å². The summed E-state index contributed by atoms with van der Waals surface area (Å²) in [5.41, 5.74) is 6.93. The normalized spacial score (nSPS) is 39.2. The fourth-order valence-corrected chi connectivity index (χ4v) is 4.23. The molecule has 1 saturated heterocycles. The van der Waals surface area contributed by atoms with Crippen molar-refractivity contribution in [3.05, 3.63) is 0 Å². The average Bonchev–Trinajstić information content (AvgIpc) is 2.49. The maximum absolute atomic E-state index is 6.09. The molecule has 2 fully saturated rings. The molecule has 2 rings (SSSR count). The predicted octanol–water partition coefficient (Wildman–Crippen LogP) is 3.26. The monoisotopic (exact) mass is 252 g/mol. The molecule has 1 saturated carbocycles. The molecule has 1 aliphatic heterocycles. The largest absolute Gasteiger partial charge is 0.329 e. The first-order valence-corrected chi connectivity index (χ1v) is 7.82. The summed E-state index contributed by atoms with van der Waals surface area (Å²) in [6, 6.07) is 0. The lowest BCUT2D eigenvalue weighted by Crippen LogP contribution is -2.61. The summed E-state index contributed by atoms with van der Waals surface area (Å²) >= 11 is 0. The van der Waals surface area contributed by atoms with Gasteiger partial charge in [-0.3, -0.25) is 4.90 Å². The molecule has 0 aromatic carbocycles. The van der Waals surface area contributed by atoms with Crippen molar-refractivity contribution in [2.45, 2.75) is 65.3 Å². The number of nitrogens with two attached hydrogens (primary N) is 1. The lowest BCUT2D eigenvalue weighted by Gasteiger charge is -2.53. The topological polar surface area (TPSA) is 29.3 Å². The van der Waals surface area contributed by atoms with Gasteiger partial charge in [0.25, 0.3) is 0 Å². The van der Waals surface area contributed by atoms with Gasteiger partial charge in [-0.1, -0.05) is 27.7 Å². The van der Waals surface area contributed by atoms with Crippen LogP contribution in [-0.4, -0.2) is 30.1 Å². The van der Waals surface area contributed by atoms with Crippen LogP contribution in [0.5, 0.6) is 0 Å². The molecule has 2 heteroatoms. The first kappa shape index (κ1) is 14.3. The van der Waals surface area contributed by atoms with Crippen LogP contribution in [0.3, 0.4) is 0 Å². The number of hydrogen-bond donors (Lipinski definition) is 1. The van der Waals surface area contributed by atoms with E-state index in [-0.39, 0.29) is 0 Å². The van der Waals surface area contributed by atoms with E-state index in [1.54, 1.807) is 0 Å². The standard InChI is InChI=1S/C16H32N2/c1-13-10-16(11-13,12-17)18-8-5-6-14(7-9-18)15(2,3)4/h13-14H,5-12,17H2,1-4H3. The van der Waals surface area contributed by atoms with Crippen molar-refractivity contribution >= 4 is 0 Å². The molecular formula is C16H32N2. The highest BCUT2D eigenvalue weighted by atomic mass is 15.2. The summed E-state index contributed by atoms with van der Waals surface area (Å²) < 4.78 is 0. The van der Waals surface area contributed by atoms with Crippen molar-refractivity contribution in [2.75, 3.05) is 19.6 Å². The molecule has 1 heterocycles. The van der Waals surface area contributed by atoms with E-state index in [4.69, 9.17) is 5.73 Å². The van der Waals surface area contributed by atoms with Crippen molar-refractivity contribution in [1.29, 1.82) is 0 Å². The van der Waals surface area contributed by atoms with Gasteiger partial charge in [0.1, 0.15) is 0 Å². The van der Waals surface area contributed by atoms with Crippen LogP contribution in [0.1, 0.15) is 59.8 Å². The van der Waals surface area contributed by atoms with Gasteiger partial charge >= 0.3 is 0 Å². The van der Waals surface area contributed by atoms with Gasteiger partial charge in [-0.15, -0.1) is 0 Å². The van der Waals surface area contributed by atoms with Crippen LogP contribution < -0.4 is 5.73 Å². The zero-order valence-electron chi connectivity index (χ0n) is 12.8. The molecule has 2 aliphatic rings. The van der Waals surface area contributed by atoms with E-state index < -0.39 is 0 Å². The maximum Gasteiger partial charge on any atom is 0.0336 e. The molecule has 0 radical (unpaired) electrons. The molecule has 1 aliphatic carbocycles. The Bertz CT molecular complexity index is 273. The zero-order valence-corrected chi connectivity index (χ0v) is 12.8. The summed E-state index contributed by atoms with van der Waals surface area (Å²) in [6.07, 6.45) is 6.77. The molecule has 1 unspecified atom stereocenters. The number of likely N-dealkylation sites (tertiary alicyclic amines) is 1. The summed E-state index contributed by atoms with van der Waals surface area (Å²) in [7, 11) is 0. The average molecular weight is 252 g/mol. The smallest absolute Gasteiger partial charge is 0.0336 e. The third-order valence-corrected chi connectivity index (χ3v) is 5.46. The number of nitrogens with zero attached hydrogens (tertiary/aromatic N) is 1. The Morgan fingerprint density at radius 1 is 1.17 bits per heavy atom. The lowest BCUT2D eigenvalue weighted by atomic mass is 9.68. The van der Waals surface area contributed by atoms with Crippen LogP contribution in [-0.2, 0) is 0 Å². The fourth-order valence-electron chi connectivity index (χ4n) is 4.23. The quantitative estimate of drug-likeness (QED) is 0.817. The van der Waals surface area contributed by atoms with Crippen molar-refractivity contribution in [3.8, 4) is 0 Å². The molecular weight excluding hydrogens is 220 g/mol. The van der Waals surface area contributed by atoms with Crippen LogP contribution in [0, 0.1) is 17.3 Å². The van der Waals surface area contributed by atoms with Crippen LogP contribution in [0.4, 0.5) is 0 Å². The van der Waals surface area contributed by atoms with E-state index in [0.717, 1.165) is 18.4 Å². The number of rotatable bonds is 2. The Morgan fingerprint density at radius 3 is 2.33 bits per heavy atom. The lowest BCUT2D eigenvalue weighted by molar-refractivity contribution is -0.0119. The van der Waals surface area contributed by atoms with Crippen molar-refractivity contribution in [1.82, 2.24) is 4.90 Å². The second-order valence-electron chi connectivity index (χ2n) is 7.92. The van der Waals surface area contributed by atoms with Gasteiger partial charge in [-0.25, -0.2) is 0 Å². The fraction of sp³-hybridized carbons (Fsp3) is 1.00. The predicted molar refractivity (Wildman–Crippen MR) is 78.6 cm³/mol. The van der Waals surface area contributed by atoms with Gasteiger partial charge in [-0.2, -0.15) is 0 Å². The Morgan fingerprint density at radius 2 is 1.83 bits per heavy atom. The molecule has 0 aromatic rings. The summed E-state index contributed by atoms with van der Waals surface area (Å²) in [5.74, 6) is 1.77. The minimum atomic E-state index is 0.367.